The third-order valence-electron chi connectivity index (χ3n) is 4.12. The number of rotatable bonds is 3. The van der Waals surface area contributed by atoms with E-state index < -0.39 is 0 Å². The van der Waals surface area contributed by atoms with Gasteiger partial charge in [-0.3, -0.25) is 14.8 Å². The van der Waals surface area contributed by atoms with Crippen LogP contribution in [0.5, 0.6) is 0 Å². The Hall–Kier alpha value is -2.84. The van der Waals surface area contributed by atoms with Gasteiger partial charge >= 0.3 is 6.03 Å². The van der Waals surface area contributed by atoms with E-state index in [9.17, 15) is 9.59 Å². The van der Waals surface area contributed by atoms with Crippen LogP contribution in [0.25, 0.3) is 0 Å². The molecule has 1 aliphatic rings. The van der Waals surface area contributed by atoms with Crippen LogP contribution in [-0.2, 0) is 14.1 Å². The Bertz CT molecular complexity index is 782. The van der Waals surface area contributed by atoms with E-state index in [1.807, 2.05) is 4.90 Å². The third kappa shape index (κ3) is 3.39. The van der Waals surface area contributed by atoms with Crippen LogP contribution >= 0.6 is 0 Å². The van der Waals surface area contributed by atoms with Crippen LogP contribution in [0.15, 0.2) is 29.5 Å². The number of carbonyl (C=O) groups excluding carboxylic acids is 1. The number of aryl methyl sites for hydroxylation is 2. The predicted octanol–water partition coefficient (Wildman–Crippen LogP) is 0.304. The van der Waals surface area contributed by atoms with Gasteiger partial charge in [-0.05, 0) is 12.8 Å². The van der Waals surface area contributed by atoms with Gasteiger partial charge in [0.25, 0.3) is 5.56 Å². The van der Waals surface area contributed by atoms with Gasteiger partial charge in [-0.25, -0.2) is 9.78 Å². The van der Waals surface area contributed by atoms with Crippen molar-refractivity contribution in [3.8, 4) is 0 Å². The van der Waals surface area contributed by atoms with Gasteiger partial charge in [0.05, 0.1) is 6.20 Å². The average Bonchev–Trinajstić information content (AvgIpc) is 2.95. The van der Waals surface area contributed by atoms with Crippen LogP contribution in [0.3, 0.4) is 0 Å². The molecule has 2 N–H and O–H groups in total. The fourth-order valence-corrected chi connectivity index (χ4v) is 2.82. The molecular weight excluding hydrogens is 310 g/mol. The Morgan fingerprint density at radius 1 is 1.33 bits per heavy atom. The van der Waals surface area contributed by atoms with Crippen LogP contribution in [0, 0.1) is 0 Å². The second kappa shape index (κ2) is 6.73. The number of urea groups is 1. The van der Waals surface area contributed by atoms with Crippen LogP contribution in [0.2, 0.25) is 0 Å². The summed E-state index contributed by atoms with van der Waals surface area (Å²) in [5.74, 6) is 1.05. The molecule has 0 aliphatic carbocycles. The lowest BCUT2D eigenvalue weighted by Gasteiger charge is -2.33. The number of amides is 2. The summed E-state index contributed by atoms with van der Waals surface area (Å²) in [5, 5.41) is 9.72. The van der Waals surface area contributed by atoms with Crippen molar-refractivity contribution in [3.63, 3.8) is 0 Å². The number of anilines is 2. The van der Waals surface area contributed by atoms with E-state index in [-0.39, 0.29) is 17.6 Å². The molecule has 1 aliphatic heterocycles. The molecule has 9 heteroatoms. The molecule has 1 fully saturated rings. The second-order valence-corrected chi connectivity index (χ2v) is 5.89. The molecule has 128 valence electrons. The molecule has 9 nitrogen and oxygen atoms in total. The molecule has 0 unspecified atom stereocenters. The molecule has 1 saturated heterocycles. The molecule has 0 radical (unpaired) electrons. The SMILES string of the molecule is Cn1nccc1NC(=O)N[C@H]1CCCN(c2nccn(C)c2=O)C1. The lowest BCUT2D eigenvalue weighted by molar-refractivity contribution is 0.246. The zero-order valence-electron chi connectivity index (χ0n) is 13.8. The first-order chi connectivity index (χ1) is 11.5. The highest BCUT2D eigenvalue weighted by Crippen LogP contribution is 2.14. The zero-order chi connectivity index (χ0) is 17.1. The Balaban J connectivity index is 1.63. The van der Waals surface area contributed by atoms with E-state index in [1.54, 1.807) is 43.4 Å². The minimum absolute atomic E-state index is 0.0429. The molecule has 3 heterocycles. The summed E-state index contributed by atoms with van der Waals surface area (Å²) in [6, 6.07) is 1.41. The summed E-state index contributed by atoms with van der Waals surface area (Å²) in [6.45, 7) is 1.32. The molecule has 2 amide bonds. The third-order valence-corrected chi connectivity index (χ3v) is 4.12. The van der Waals surface area contributed by atoms with E-state index in [0.717, 1.165) is 19.4 Å². The summed E-state index contributed by atoms with van der Waals surface area (Å²) in [4.78, 5) is 30.5. The molecule has 1 atom stereocenters. The van der Waals surface area contributed by atoms with Crippen LogP contribution < -0.4 is 21.1 Å². The number of nitrogens with zero attached hydrogens (tertiary/aromatic N) is 5. The lowest BCUT2D eigenvalue weighted by Crippen LogP contribution is -2.50. The molecule has 0 spiro atoms. The van der Waals surface area contributed by atoms with Gasteiger partial charge in [0.1, 0.15) is 5.82 Å². The first-order valence-electron chi connectivity index (χ1n) is 7.86. The van der Waals surface area contributed by atoms with Gasteiger partial charge in [-0.15, -0.1) is 0 Å². The highest BCUT2D eigenvalue weighted by molar-refractivity contribution is 5.88. The van der Waals surface area contributed by atoms with Crippen molar-refractivity contribution in [2.45, 2.75) is 18.9 Å². The monoisotopic (exact) mass is 331 g/mol. The number of hydrogen-bond donors (Lipinski definition) is 2. The first-order valence-corrected chi connectivity index (χ1v) is 7.86. The van der Waals surface area contributed by atoms with Crippen molar-refractivity contribution >= 4 is 17.7 Å². The van der Waals surface area contributed by atoms with Crippen LogP contribution in [0.1, 0.15) is 12.8 Å². The van der Waals surface area contributed by atoms with E-state index in [4.69, 9.17) is 0 Å². The van der Waals surface area contributed by atoms with E-state index in [0.29, 0.717) is 18.2 Å². The summed E-state index contributed by atoms with van der Waals surface area (Å²) in [5.41, 5.74) is -0.127. The molecule has 2 aromatic rings. The van der Waals surface area contributed by atoms with E-state index >= 15 is 0 Å². The highest BCUT2D eigenvalue weighted by atomic mass is 16.2. The molecule has 0 bridgehead atoms. The maximum atomic E-state index is 12.2. The summed E-state index contributed by atoms with van der Waals surface area (Å²) >= 11 is 0. The molecular formula is C15H21N7O2. The number of carbonyl (C=O) groups is 1. The predicted molar refractivity (Wildman–Crippen MR) is 90.1 cm³/mol. The van der Waals surface area contributed by atoms with Gasteiger partial charge in [0.2, 0.25) is 0 Å². The molecule has 2 aromatic heterocycles. The average molecular weight is 331 g/mol. The van der Waals surface area contributed by atoms with Crippen LogP contribution in [0.4, 0.5) is 16.4 Å². The van der Waals surface area contributed by atoms with Crippen molar-refractivity contribution in [2.24, 2.45) is 14.1 Å². The number of piperidine rings is 1. The topological polar surface area (TPSA) is 97.1 Å². The molecule has 0 saturated carbocycles. The highest BCUT2D eigenvalue weighted by Gasteiger charge is 2.24. The molecule has 3 rings (SSSR count). The van der Waals surface area contributed by atoms with Gasteiger partial charge in [0.15, 0.2) is 5.82 Å². The largest absolute Gasteiger partial charge is 0.350 e. The number of nitrogens with one attached hydrogen (secondary N) is 2. The minimum atomic E-state index is -0.278. The van der Waals surface area contributed by atoms with Gasteiger partial charge in [-0.1, -0.05) is 0 Å². The van der Waals surface area contributed by atoms with Gasteiger partial charge in [0, 0.05) is 51.7 Å². The Kier molecular flexibility index (Phi) is 4.50. The van der Waals surface area contributed by atoms with E-state index in [1.165, 1.54) is 4.57 Å². The zero-order valence-corrected chi connectivity index (χ0v) is 13.8. The summed E-state index contributed by atoms with van der Waals surface area (Å²) < 4.78 is 3.10. The number of aromatic nitrogens is 4. The van der Waals surface area contributed by atoms with Crippen molar-refractivity contribution < 1.29 is 4.79 Å². The maximum Gasteiger partial charge on any atom is 0.320 e. The first kappa shape index (κ1) is 16.0. The van der Waals surface area contributed by atoms with E-state index in [2.05, 4.69) is 20.7 Å². The van der Waals surface area contributed by atoms with Gasteiger partial charge in [-0.2, -0.15) is 5.10 Å². The van der Waals surface area contributed by atoms with Crippen LogP contribution in [-0.4, -0.2) is 44.5 Å². The Morgan fingerprint density at radius 3 is 2.92 bits per heavy atom. The maximum absolute atomic E-state index is 12.2. The Labute approximate surface area is 139 Å². The summed E-state index contributed by atoms with van der Waals surface area (Å²) in [6.07, 6.45) is 6.61. The standard InChI is InChI=1S/C15H21N7O2/c1-20-9-7-16-13(14(20)23)22-8-3-4-11(10-22)18-15(24)19-12-5-6-17-21(12)2/h5-7,9,11H,3-4,8,10H2,1-2H3,(H2,18,19,24)/t11-/m0/s1. The molecule has 0 aromatic carbocycles. The van der Waals surface area contributed by atoms with Crippen molar-refractivity contribution in [3.05, 3.63) is 35.0 Å². The normalized spacial score (nSPS) is 17.6. The number of hydrogen-bond acceptors (Lipinski definition) is 5. The van der Waals surface area contributed by atoms with Gasteiger partial charge < -0.3 is 14.8 Å². The smallest absolute Gasteiger partial charge is 0.320 e. The van der Waals surface area contributed by atoms with Crippen molar-refractivity contribution in [2.75, 3.05) is 23.3 Å². The molecule has 24 heavy (non-hydrogen) atoms. The minimum Gasteiger partial charge on any atom is -0.350 e. The fourth-order valence-electron chi connectivity index (χ4n) is 2.82. The quantitative estimate of drug-likeness (QED) is 0.843. The van der Waals surface area contributed by atoms with Crippen molar-refractivity contribution in [1.29, 1.82) is 0 Å². The van der Waals surface area contributed by atoms with Crippen molar-refractivity contribution in [1.82, 2.24) is 24.6 Å². The fraction of sp³-hybridized carbons (Fsp3) is 0.467. The lowest BCUT2D eigenvalue weighted by atomic mass is 10.1. The Morgan fingerprint density at radius 2 is 2.17 bits per heavy atom. The summed E-state index contributed by atoms with van der Waals surface area (Å²) in [7, 11) is 3.46. The second-order valence-electron chi connectivity index (χ2n) is 5.89.